The number of rotatable bonds is 6. The number of aliphatic hydroxyl groups is 1. The fraction of sp³-hybridized carbons (Fsp3) is 0.385. The molecule has 0 spiro atoms. The lowest BCUT2D eigenvalue weighted by molar-refractivity contribution is -0.0553. The van der Waals surface area contributed by atoms with Gasteiger partial charge in [0.15, 0.2) is 0 Å². The summed E-state index contributed by atoms with van der Waals surface area (Å²) in [5.41, 5.74) is 3.32. The summed E-state index contributed by atoms with van der Waals surface area (Å²) in [6.45, 7) is 1.94. The van der Waals surface area contributed by atoms with Crippen LogP contribution in [-0.2, 0) is 10.0 Å². The predicted octanol–water partition coefficient (Wildman–Crippen LogP) is 4.04. The zero-order chi connectivity index (χ0) is 23.7. The lowest BCUT2D eigenvalue weighted by Gasteiger charge is -2.57. The molecule has 0 radical (unpaired) electrons. The summed E-state index contributed by atoms with van der Waals surface area (Å²) in [6, 6.07) is 19.9. The van der Waals surface area contributed by atoms with Gasteiger partial charge in [-0.05, 0) is 59.7 Å². The largest absolute Gasteiger partial charge is 0.497 e. The van der Waals surface area contributed by atoms with Crippen molar-refractivity contribution < 1.29 is 18.3 Å². The number of nitrogens with zero attached hydrogens (tertiary/aromatic N) is 2. The maximum Gasteiger partial charge on any atom is 0.252 e. The molecule has 0 aliphatic carbocycles. The molecule has 5 rings (SSSR count). The minimum atomic E-state index is -3.51. The first-order chi connectivity index (χ1) is 16.5. The van der Waals surface area contributed by atoms with Crippen LogP contribution >= 0.6 is 11.3 Å². The SMILES string of the molecule is COc1cccc(-c2ccc([C@@H]3[C@@H](CO)N4CCCCN(S(=O)(=O)c5cccs5)C[C@@H]34)cc2)c1. The molecule has 0 amide bonds. The fourth-order valence-electron chi connectivity index (χ4n) is 5.36. The van der Waals surface area contributed by atoms with Crippen LogP contribution in [0.1, 0.15) is 24.3 Å². The van der Waals surface area contributed by atoms with Crippen LogP contribution in [0, 0.1) is 0 Å². The maximum absolute atomic E-state index is 13.3. The van der Waals surface area contributed by atoms with Gasteiger partial charge in [-0.25, -0.2) is 8.42 Å². The standard InChI is InChI=1S/C26H30N2O4S2/c1-32-22-7-4-6-21(16-22)19-9-11-20(12-10-19)26-23-17-27(34(30,31)25-8-5-15-33-25)13-2-3-14-28(23)24(26)18-29/h4-12,15-16,23-24,26,29H,2-3,13-14,17-18H2,1H3/t23-,24+,26-/m0/s1. The van der Waals surface area contributed by atoms with Crippen molar-refractivity contribution in [2.45, 2.75) is 35.1 Å². The summed E-state index contributed by atoms with van der Waals surface area (Å²) in [4.78, 5) is 2.30. The van der Waals surface area contributed by atoms with Gasteiger partial charge in [0.25, 0.3) is 10.0 Å². The van der Waals surface area contributed by atoms with Crippen LogP contribution in [0.25, 0.3) is 11.1 Å². The van der Waals surface area contributed by atoms with E-state index >= 15 is 0 Å². The van der Waals surface area contributed by atoms with Gasteiger partial charge in [-0.2, -0.15) is 4.31 Å². The molecule has 3 atom stereocenters. The summed E-state index contributed by atoms with van der Waals surface area (Å²) >= 11 is 1.27. The highest BCUT2D eigenvalue weighted by Crippen LogP contribution is 2.43. The van der Waals surface area contributed by atoms with Crippen molar-refractivity contribution in [1.29, 1.82) is 0 Å². The van der Waals surface area contributed by atoms with Crippen LogP contribution in [0.2, 0.25) is 0 Å². The first-order valence-electron chi connectivity index (χ1n) is 11.7. The molecular formula is C26H30N2O4S2. The van der Waals surface area contributed by atoms with E-state index in [2.05, 4.69) is 35.2 Å². The van der Waals surface area contributed by atoms with Crippen molar-refractivity contribution in [3.63, 3.8) is 0 Å². The molecule has 2 aromatic carbocycles. The molecule has 1 N–H and O–H groups in total. The third kappa shape index (κ3) is 4.29. The summed E-state index contributed by atoms with van der Waals surface area (Å²) in [5, 5.41) is 12.0. The Labute approximate surface area is 205 Å². The Morgan fingerprint density at radius 1 is 1.03 bits per heavy atom. The number of hydrogen-bond donors (Lipinski definition) is 1. The molecule has 34 heavy (non-hydrogen) atoms. The Balaban J connectivity index is 1.41. The Bertz CT molecular complexity index is 1210. The van der Waals surface area contributed by atoms with Crippen molar-refractivity contribution in [3.05, 3.63) is 71.6 Å². The van der Waals surface area contributed by atoms with E-state index < -0.39 is 10.0 Å². The minimum Gasteiger partial charge on any atom is -0.497 e. The van der Waals surface area contributed by atoms with E-state index in [0.29, 0.717) is 17.3 Å². The van der Waals surface area contributed by atoms with E-state index in [4.69, 9.17) is 4.74 Å². The average molecular weight is 499 g/mol. The number of ether oxygens (including phenoxy) is 1. The smallest absolute Gasteiger partial charge is 0.252 e. The molecule has 0 unspecified atom stereocenters. The third-order valence-corrected chi connectivity index (χ3v) is 10.4. The summed E-state index contributed by atoms with van der Waals surface area (Å²) in [5.74, 6) is 0.904. The van der Waals surface area contributed by atoms with Gasteiger partial charge in [0, 0.05) is 31.1 Å². The normalized spacial score (nSPS) is 24.0. The molecule has 3 heterocycles. The van der Waals surface area contributed by atoms with Crippen molar-refractivity contribution in [3.8, 4) is 16.9 Å². The van der Waals surface area contributed by atoms with Crippen LogP contribution in [0.5, 0.6) is 5.75 Å². The predicted molar refractivity (Wildman–Crippen MR) is 135 cm³/mol. The van der Waals surface area contributed by atoms with Gasteiger partial charge in [-0.3, -0.25) is 4.90 Å². The van der Waals surface area contributed by atoms with E-state index in [9.17, 15) is 13.5 Å². The third-order valence-electron chi connectivity index (χ3n) is 7.12. The molecule has 2 saturated heterocycles. The molecule has 1 aromatic heterocycles. The second-order valence-corrected chi connectivity index (χ2v) is 12.0. The molecular weight excluding hydrogens is 468 g/mol. The van der Waals surface area contributed by atoms with Gasteiger partial charge < -0.3 is 9.84 Å². The van der Waals surface area contributed by atoms with E-state index in [1.165, 1.54) is 11.3 Å². The molecule has 0 saturated carbocycles. The van der Waals surface area contributed by atoms with Crippen LogP contribution in [0.15, 0.2) is 70.3 Å². The van der Waals surface area contributed by atoms with Gasteiger partial charge in [0.1, 0.15) is 9.96 Å². The Morgan fingerprint density at radius 3 is 2.53 bits per heavy atom. The topological polar surface area (TPSA) is 70.1 Å². The maximum atomic E-state index is 13.3. The number of thiophene rings is 1. The Kier molecular flexibility index (Phi) is 6.77. The first-order valence-corrected chi connectivity index (χ1v) is 14.0. The molecule has 8 heteroatoms. The summed E-state index contributed by atoms with van der Waals surface area (Å²) in [7, 11) is -1.85. The Morgan fingerprint density at radius 2 is 1.82 bits per heavy atom. The van der Waals surface area contributed by atoms with Gasteiger partial charge in [0.2, 0.25) is 0 Å². The second-order valence-electron chi connectivity index (χ2n) is 8.94. The molecule has 3 aromatic rings. The highest BCUT2D eigenvalue weighted by Gasteiger charge is 2.50. The number of methoxy groups -OCH3 is 1. The first kappa shape index (κ1) is 23.5. The van der Waals surface area contributed by atoms with Gasteiger partial charge in [-0.15, -0.1) is 11.3 Å². The van der Waals surface area contributed by atoms with Crippen molar-refractivity contribution in [2.75, 3.05) is 33.4 Å². The fourth-order valence-corrected chi connectivity index (χ4v) is 8.01. The van der Waals surface area contributed by atoms with Gasteiger partial charge in [0.05, 0.1) is 13.7 Å². The van der Waals surface area contributed by atoms with E-state index in [1.807, 2.05) is 18.2 Å². The van der Waals surface area contributed by atoms with Crippen LogP contribution in [-0.4, -0.2) is 68.2 Å². The van der Waals surface area contributed by atoms with Crippen LogP contribution < -0.4 is 4.74 Å². The van der Waals surface area contributed by atoms with E-state index in [-0.39, 0.29) is 24.6 Å². The molecule has 0 bridgehead atoms. The molecule has 2 aliphatic heterocycles. The van der Waals surface area contributed by atoms with E-state index in [1.54, 1.807) is 28.9 Å². The zero-order valence-corrected chi connectivity index (χ0v) is 20.8. The molecule has 2 fully saturated rings. The summed E-state index contributed by atoms with van der Waals surface area (Å²) < 4.78 is 34.0. The number of hydrogen-bond acceptors (Lipinski definition) is 6. The molecule has 6 nitrogen and oxygen atoms in total. The number of sulfonamides is 1. The van der Waals surface area contributed by atoms with Crippen molar-refractivity contribution in [1.82, 2.24) is 9.21 Å². The summed E-state index contributed by atoms with van der Waals surface area (Å²) in [6.07, 6.45) is 1.75. The lowest BCUT2D eigenvalue weighted by atomic mass is 9.74. The zero-order valence-electron chi connectivity index (χ0n) is 19.2. The van der Waals surface area contributed by atoms with Crippen molar-refractivity contribution in [2.24, 2.45) is 0 Å². The van der Waals surface area contributed by atoms with Gasteiger partial charge >= 0.3 is 0 Å². The minimum absolute atomic E-state index is 0.0112. The number of aliphatic hydroxyl groups excluding tert-OH is 1. The lowest BCUT2D eigenvalue weighted by Crippen LogP contribution is -2.67. The highest BCUT2D eigenvalue weighted by molar-refractivity contribution is 7.91. The highest BCUT2D eigenvalue weighted by atomic mass is 32.2. The monoisotopic (exact) mass is 498 g/mol. The van der Waals surface area contributed by atoms with Gasteiger partial charge in [-0.1, -0.05) is 42.5 Å². The van der Waals surface area contributed by atoms with E-state index in [0.717, 1.165) is 41.8 Å². The van der Waals surface area contributed by atoms with Crippen LogP contribution in [0.3, 0.4) is 0 Å². The molecule has 2 aliphatic rings. The quantitative estimate of drug-likeness (QED) is 0.556. The number of fused-ring (bicyclic) bond motifs is 1. The second kappa shape index (κ2) is 9.79. The average Bonchev–Trinajstić information content (AvgIpc) is 3.39. The van der Waals surface area contributed by atoms with Crippen molar-refractivity contribution >= 4 is 21.4 Å². The molecule has 180 valence electrons. The number of benzene rings is 2. The Hall–Kier alpha value is -2.23. The van der Waals surface area contributed by atoms with Crippen LogP contribution in [0.4, 0.5) is 0 Å².